The lowest BCUT2D eigenvalue weighted by atomic mass is 10.1. The number of rotatable bonds is 3. The third-order valence-electron chi connectivity index (χ3n) is 5.10. The first-order chi connectivity index (χ1) is 10.8. The van der Waals surface area contributed by atoms with Crippen LogP contribution >= 0.6 is 0 Å². The molecule has 0 aromatic carbocycles. The van der Waals surface area contributed by atoms with Crippen molar-refractivity contribution in [1.82, 2.24) is 19.7 Å². The Kier molecular flexibility index (Phi) is 4.04. The van der Waals surface area contributed by atoms with Crippen LogP contribution in [0.1, 0.15) is 39.6 Å². The van der Waals surface area contributed by atoms with Crippen LogP contribution < -0.4 is 0 Å². The zero-order chi connectivity index (χ0) is 16.8. The van der Waals surface area contributed by atoms with E-state index in [4.69, 9.17) is 4.74 Å². The number of nitrogens with zero attached hydrogens (tertiary/aromatic N) is 4. The van der Waals surface area contributed by atoms with Gasteiger partial charge in [-0.2, -0.15) is 0 Å². The average molecular weight is 318 g/mol. The lowest BCUT2D eigenvalue weighted by Gasteiger charge is -2.32. The van der Waals surface area contributed by atoms with E-state index in [9.17, 15) is 4.79 Å². The predicted octanol–water partition coefficient (Wildman–Crippen LogP) is 1.95. The number of hydrogen-bond donors (Lipinski definition) is 0. The van der Waals surface area contributed by atoms with E-state index in [2.05, 4.69) is 44.0 Å². The second-order valence-corrected chi connectivity index (χ2v) is 7.51. The Hall–Kier alpha value is -1.69. The first kappa shape index (κ1) is 16.2. The molecule has 0 radical (unpaired) electrons. The highest BCUT2D eigenvalue weighted by Crippen LogP contribution is 2.60. The first-order valence-electron chi connectivity index (χ1n) is 8.21. The molecule has 1 aromatic rings. The normalized spacial score (nSPS) is 29.3. The van der Waals surface area contributed by atoms with Crippen molar-refractivity contribution < 1.29 is 9.53 Å². The Labute approximate surface area is 137 Å². The molecule has 1 amide bonds. The van der Waals surface area contributed by atoms with Crippen molar-refractivity contribution in [2.45, 2.75) is 33.8 Å². The van der Waals surface area contributed by atoms with Crippen molar-refractivity contribution in [3.05, 3.63) is 23.8 Å². The highest BCUT2D eigenvalue weighted by atomic mass is 16.5. The monoisotopic (exact) mass is 318 g/mol. The van der Waals surface area contributed by atoms with Gasteiger partial charge in [0.1, 0.15) is 12.4 Å². The van der Waals surface area contributed by atoms with Gasteiger partial charge in [0, 0.05) is 13.6 Å². The maximum absolute atomic E-state index is 13.0. The summed E-state index contributed by atoms with van der Waals surface area (Å²) in [4.78, 5) is 14.9. The molecule has 2 heterocycles. The minimum absolute atomic E-state index is 0.0485. The summed E-state index contributed by atoms with van der Waals surface area (Å²) in [5.74, 6) is 1.44. The molecule has 0 spiro atoms. The molecule has 23 heavy (non-hydrogen) atoms. The van der Waals surface area contributed by atoms with E-state index < -0.39 is 0 Å². The van der Waals surface area contributed by atoms with Gasteiger partial charge in [-0.3, -0.25) is 4.79 Å². The summed E-state index contributed by atoms with van der Waals surface area (Å²) in [5, 5.41) is 8.02. The maximum Gasteiger partial charge on any atom is 0.227 e. The number of carbonyl (C=O) groups is 1. The molecular formula is C17H26N4O2. The molecule has 6 nitrogen and oxygen atoms in total. The van der Waals surface area contributed by atoms with E-state index >= 15 is 0 Å². The van der Waals surface area contributed by atoms with E-state index in [0.717, 1.165) is 5.82 Å². The summed E-state index contributed by atoms with van der Waals surface area (Å²) >= 11 is 0. The van der Waals surface area contributed by atoms with Gasteiger partial charge in [-0.05, 0) is 25.2 Å². The molecule has 3 rings (SSSR count). The fourth-order valence-electron chi connectivity index (χ4n) is 3.61. The second kappa shape index (κ2) is 5.74. The fraction of sp³-hybridized carbons (Fsp3) is 0.706. The number of amides is 1. The number of allylic oxidation sites excluding steroid dienone is 2. The zero-order valence-corrected chi connectivity index (χ0v) is 14.6. The van der Waals surface area contributed by atoms with Crippen LogP contribution in [-0.2, 0) is 16.6 Å². The van der Waals surface area contributed by atoms with Gasteiger partial charge < -0.3 is 14.2 Å². The Morgan fingerprint density at radius 3 is 2.78 bits per heavy atom. The van der Waals surface area contributed by atoms with Gasteiger partial charge in [0.05, 0.1) is 19.1 Å². The van der Waals surface area contributed by atoms with Gasteiger partial charge >= 0.3 is 0 Å². The smallest absolute Gasteiger partial charge is 0.227 e. The molecule has 1 aliphatic heterocycles. The van der Waals surface area contributed by atoms with Crippen molar-refractivity contribution in [3.63, 3.8) is 0 Å². The molecule has 2 aliphatic rings. The number of ether oxygens (including phenoxy) is 1. The summed E-state index contributed by atoms with van der Waals surface area (Å²) in [5.41, 5.74) is 1.32. The highest BCUT2D eigenvalue weighted by molar-refractivity contribution is 5.84. The number of carbonyl (C=O) groups excluding carboxylic acids is 1. The minimum Gasteiger partial charge on any atom is -0.366 e. The molecule has 1 aromatic heterocycles. The Morgan fingerprint density at radius 2 is 2.17 bits per heavy atom. The summed E-state index contributed by atoms with van der Waals surface area (Å²) < 4.78 is 7.65. The van der Waals surface area contributed by atoms with Crippen LogP contribution in [0.5, 0.6) is 0 Å². The molecule has 1 saturated carbocycles. The van der Waals surface area contributed by atoms with Crippen LogP contribution in [-0.4, -0.2) is 45.3 Å². The number of aryl methyl sites for hydroxylation is 1. The Morgan fingerprint density at radius 1 is 1.43 bits per heavy atom. The largest absolute Gasteiger partial charge is 0.366 e. The standard InChI is InChI=1S/C17H26N4O2/c1-11(2)8-12-14(17(12,3)4)16(22)21-6-7-23-13(9-21)15-19-18-10-20(15)5/h8,10,12-14H,6-7,9H2,1-5H3/t12-,13-,14+/m1/s1. The SMILES string of the molecule is CC(C)=C[C@@H]1[C@@H](C(=O)N2CCO[C@@H](c3nncn3C)C2)C1(C)C. The summed E-state index contributed by atoms with van der Waals surface area (Å²) in [6, 6.07) is 0. The van der Waals surface area contributed by atoms with Crippen molar-refractivity contribution in [1.29, 1.82) is 0 Å². The van der Waals surface area contributed by atoms with E-state index in [0.29, 0.717) is 25.6 Å². The quantitative estimate of drug-likeness (QED) is 0.799. The Bertz CT molecular complexity index is 630. The van der Waals surface area contributed by atoms with Gasteiger partial charge in [0.2, 0.25) is 5.91 Å². The number of hydrogen-bond acceptors (Lipinski definition) is 4. The van der Waals surface area contributed by atoms with Gasteiger partial charge in [-0.25, -0.2) is 0 Å². The topological polar surface area (TPSA) is 60.3 Å². The minimum atomic E-state index is -0.191. The Balaban J connectivity index is 1.71. The zero-order valence-electron chi connectivity index (χ0n) is 14.6. The van der Waals surface area contributed by atoms with Crippen LogP contribution in [0.4, 0.5) is 0 Å². The lowest BCUT2D eigenvalue weighted by Crippen LogP contribution is -2.44. The fourth-order valence-corrected chi connectivity index (χ4v) is 3.61. The van der Waals surface area contributed by atoms with E-state index in [1.165, 1.54) is 5.57 Å². The van der Waals surface area contributed by atoms with E-state index in [-0.39, 0.29) is 23.3 Å². The van der Waals surface area contributed by atoms with Crippen LogP contribution in [0.3, 0.4) is 0 Å². The summed E-state index contributed by atoms with van der Waals surface area (Å²) in [6.45, 7) is 10.3. The molecule has 3 atom stereocenters. The van der Waals surface area contributed by atoms with Crippen LogP contribution in [0.2, 0.25) is 0 Å². The van der Waals surface area contributed by atoms with Crippen molar-refractivity contribution in [3.8, 4) is 0 Å². The van der Waals surface area contributed by atoms with Crippen molar-refractivity contribution in [2.75, 3.05) is 19.7 Å². The van der Waals surface area contributed by atoms with Crippen LogP contribution in [0.25, 0.3) is 0 Å². The van der Waals surface area contributed by atoms with E-state index in [1.807, 2.05) is 16.5 Å². The molecule has 126 valence electrons. The summed E-state index contributed by atoms with van der Waals surface area (Å²) in [6.07, 6.45) is 3.71. The first-order valence-corrected chi connectivity index (χ1v) is 8.21. The molecule has 0 unspecified atom stereocenters. The van der Waals surface area contributed by atoms with Crippen LogP contribution in [0.15, 0.2) is 18.0 Å². The van der Waals surface area contributed by atoms with Gasteiger partial charge in [-0.15, -0.1) is 10.2 Å². The predicted molar refractivity (Wildman–Crippen MR) is 86.5 cm³/mol. The molecule has 1 saturated heterocycles. The molecule has 0 bridgehead atoms. The molecule has 1 aliphatic carbocycles. The number of morpholine rings is 1. The lowest BCUT2D eigenvalue weighted by molar-refractivity contribution is -0.141. The third-order valence-corrected chi connectivity index (χ3v) is 5.10. The third kappa shape index (κ3) is 2.92. The maximum atomic E-state index is 13.0. The van der Waals surface area contributed by atoms with Gasteiger partial charge in [0.15, 0.2) is 5.82 Å². The van der Waals surface area contributed by atoms with Gasteiger partial charge in [-0.1, -0.05) is 25.5 Å². The second-order valence-electron chi connectivity index (χ2n) is 7.51. The highest BCUT2D eigenvalue weighted by Gasteiger charge is 2.61. The van der Waals surface area contributed by atoms with E-state index in [1.54, 1.807) is 6.33 Å². The van der Waals surface area contributed by atoms with Gasteiger partial charge in [0.25, 0.3) is 0 Å². The molecule has 0 N–H and O–H groups in total. The molecular weight excluding hydrogens is 292 g/mol. The number of aromatic nitrogens is 3. The van der Waals surface area contributed by atoms with Crippen molar-refractivity contribution >= 4 is 5.91 Å². The van der Waals surface area contributed by atoms with Crippen molar-refractivity contribution in [2.24, 2.45) is 24.3 Å². The summed E-state index contributed by atoms with van der Waals surface area (Å²) in [7, 11) is 1.90. The molecule has 6 heteroatoms. The average Bonchev–Trinajstić information content (AvgIpc) is 2.83. The van der Waals surface area contributed by atoms with Crippen LogP contribution in [0, 0.1) is 17.3 Å². The molecule has 2 fully saturated rings.